The van der Waals surface area contributed by atoms with Gasteiger partial charge < -0.3 is 10.6 Å². The predicted octanol–water partition coefficient (Wildman–Crippen LogP) is 1.29. The molecular formula is C14H16FN5O2S. The first-order valence-electron chi connectivity index (χ1n) is 7.10. The highest BCUT2D eigenvalue weighted by atomic mass is 32.2. The van der Waals surface area contributed by atoms with Crippen LogP contribution in [0, 0.1) is 5.82 Å². The molecule has 0 fully saturated rings. The number of rotatable bonds is 3. The number of amides is 2. The van der Waals surface area contributed by atoms with Gasteiger partial charge in [0.05, 0.1) is 28.3 Å². The van der Waals surface area contributed by atoms with Gasteiger partial charge in [-0.25, -0.2) is 18.9 Å². The summed E-state index contributed by atoms with van der Waals surface area (Å²) >= 11 is 0. The largest absolute Gasteiger partial charge is 0.333 e. The fourth-order valence-electron chi connectivity index (χ4n) is 2.52. The van der Waals surface area contributed by atoms with Crippen molar-refractivity contribution in [3.63, 3.8) is 0 Å². The zero-order chi connectivity index (χ0) is 16.4. The molecule has 9 heteroatoms. The number of carbonyl (C=O) groups excluding carboxylic acids is 1. The minimum atomic E-state index is -1.40. The molecule has 1 aliphatic heterocycles. The van der Waals surface area contributed by atoms with Gasteiger partial charge in [-0.3, -0.25) is 4.21 Å². The van der Waals surface area contributed by atoms with E-state index in [0.29, 0.717) is 12.2 Å². The van der Waals surface area contributed by atoms with Crippen molar-refractivity contribution in [2.24, 2.45) is 0 Å². The molecule has 2 aromatic rings. The first-order valence-corrected chi connectivity index (χ1v) is 8.66. The lowest BCUT2D eigenvalue weighted by molar-refractivity contribution is 0.243. The summed E-state index contributed by atoms with van der Waals surface area (Å²) < 4.78 is 26.8. The molecule has 7 nitrogen and oxygen atoms in total. The number of aryl methyl sites for hydroxylation is 1. The zero-order valence-corrected chi connectivity index (χ0v) is 13.3. The molecule has 23 heavy (non-hydrogen) atoms. The summed E-state index contributed by atoms with van der Waals surface area (Å²) in [6.45, 7) is 0.560. The van der Waals surface area contributed by atoms with E-state index in [4.69, 9.17) is 0 Å². The van der Waals surface area contributed by atoms with Gasteiger partial charge in [-0.05, 0) is 24.6 Å². The monoisotopic (exact) mass is 337 g/mol. The van der Waals surface area contributed by atoms with Crippen LogP contribution in [0.3, 0.4) is 0 Å². The third-order valence-electron chi connectivity index (χ3n) is 3.64. The standard InChI is InChI=1S/C14H16FN5O2S/c1-23(22)12-4-2-9(6-11(12)15)18-14(21)19-10-3-5-13-16-8-17-20(13)7-10/h2,4,6,8,10H,3,5,7H2,1H3,(H2,18,19,21)/t10-,23+/m0/s1. The second-order valence-electron chi connectivity index (χ2n) is 5.29. The molecule has 2 atom stereocenters. The van der Waals surface area contributed by atoms with Crippen LogP contribution in [0.4, 0.5) is 14.9 Å². The van der Waals surface area contributed by atoms with Crippen LogP contribution in [-0.2, 0) is 23.8 Å². The van der Waals surface area contributed by atoms with E-state index in [9.17, 15) is 13.4 Å². The predicted molar refractivity (Wildman–Crippen MR) is 83.0 cm³/mol. The average molecular weight is 337 g/mol. The Morgan fingerprint density at radius 2 is 2.30 bits per heavy atom. The number of hydrogen-bond acceptors (Lipinski definition) is 4. The molecule has 0 bridgehead atoms. The molecule has 122 valence electrons. The van der Waals surface area contributed by atoms with Crippen molar-refractivity contribution in [1.29, 1.82) is 0 Å². The van der Waals surface area contributed by atoms with Gasteiger partial charge in [0.1, 0.15) is 18.0 Å². The van der Waals surface area contributed by atoms with Crippen LogP contribution in [-0.4, -0.2) is 37.3 Å². The molecule has 0 spiro atoms. The van der Waals surface area contributed by atoms with Gasteiger partial charge >= 0.3 is 6.03 Å². The lowest BCUT2D eigenvalue weighted by Gasteiger charge is -2.23. The van der Waals surface area contributed by atoms with Crippen molar-refractivity contribution >= 4 is 22.5 Å². The number of hydrogen-bond donors (Lipinski definition) is 2. The number of carbonyl (C=O) groups is 1. The first kappa shape index (κ1) is 15.6. The molecule has 1 aromatic carbocycles. The third-order valence-corrected chi connectivity index (χ3v) is 4.59. The summed E-state index contributed by atoms with van der Waals surface area (Å²) in [5.74, 6) is 0.308. The van der Waals surface area contributed by atoms with E-state index >= 15 is 0 Å². The average Bonchev–Trinajstić information content (AvgIpc) is 2.94. The summed E-state index contributed by atoms with van der Waals surface area (Å²) in [5.41, 5.74) is 0.312. The Bertz CT molecular complexity index is 763. The summed E-state index contributed by atoms with van der Waals surface area (Å²) in [6, 6.07) is 3.62. The number of nitrogens with one attached hydrogen (secondary N) is 2. The summed E-state index contributed by atoms with van der Waals surface area (Å²) in [4.78, 5) is 16.3. The van der Waals surface area contributed by atoms with Crippen LogP contribution in [0.5, 0.6) is 0 Å². The smallest absolute Gasteiger partial charge is 0.319 e. The topological polar surface area (TPSA) is 88.9 Å². The van der Waals surface area contributed by atoms with E-state index in [1.54, 1.807) is 4.68 Å². The van der Waals surface area contributed by atoms with E-state index in [2.05, 4.69) is 20.7 Å². The highest BCUT2D eigenvalue weighted by molar-refractivity contribution is 7.84. The first-order chi connectivity index (χ1) is 11.0. The van der Waals surface area contributed by atoms with Crippen LogP contribution in [0.15, 0.2) is 29.4 Å². The summed E-state index contributed by atoms with van der Waals surface area (Å²) in [6.07, 6.45) is 4.42. The maximum atomic E-state index is 13.8. The maximum absolute atomic E-state index is 13.8. The van der Waals surface area contributed by atoms with Crippen LogP contribution >= 0.6 is 0 Å². The Morgan fingerprint density at radius 3 is 3.04 bits per heavy atom. The van der Waals surface area contributed by atoms with Gasteiger partial charge in [0.25, 0.3) is 0 Å². The Morgan fingerprint density at radius 1 is 1.48 bits per heavy atom. The van der Waals surface area contributed by atoms with Gasteiger partial charge in [0.2, 0.25) is 0 Å². The molecule has 2 N–H and O–H groups in total. The summed E-state index contributed by atoms with van der Waals surface area (Å²) in [7, 11) is -1.40. The van der Waals surface area contributed by atoms with Crippen molar-refractivity contribution in [2.75, 3.05) is 11.6 Å². The van der Waals surface area contributed by atoms with Gasteiger partial charge in [0.15, 0.2) is 0 Å². The fraction of sp³-hybridized carbons (Fsp3) is 0.357. The van der Waals surface area contributed by atoms with Crippen molar-refractivity contribution < 1.29 is 13.4 Å². The molecule has 0 saturated heterocycles. The highest BCUT2D eigenvalue weighted by Crippen LogP contribution is 2.17. The van der Waals surface area contributed by atoms with Crippen molar-refractivity contribution in [3.8, 4) is 0 Å². The molecule has 1 aromatic heterocycles. The fourth-order valence-corrected chi connectivity index (χ4v) is 3.11. The number of halogens is 1. The maximum Gasteiger partial charge on any atom is 0.319 e. The van der Waals surface area contributed by atoms with Crippen LogP contribution in [0.1, 0.15) is 12.2 Å². The number of urea groups is 1. The lowest BCUT2D eigenvalue weighted by Crippen LogP contribution is -2.43. The van der Waals surface area contributed by atoms with E-state index in [0.717, 1.165) is 24.7 Å². The van der Waals surface area contributed by atoms with Gasteiger partial charge in [0, 0.05) is 18.4 Å². The second-order valence-corrected chi connectivity index (χ2v) is 6.64. The molecule has 2 heterocycles. The number of fused-ring (bicyclic) bond motifs is 1. The molecule has 0 unspecified atom stereocenters. The lowest BCUT2D eigenvalue weighted by atomic mass is 10.1. The molecular weight excluding hydrogens is 321 g/mol. The Labute approximate surface area is 134 Å². The number of aromatic nitrogens is 3. The molecule has 0 saturated carbocycles. The van der Waals surface area contributed by atoms with E-state index in [1.165, 1.54) is 24.7 Å². The van der Waals surface area contributed by atoms with Gasteiger partial charge in [-0.15, -0.1) is 0 Å². The Hall–Kier alpha value is -2.29. The Kier molecular flexibility index (Phi) is 4.37. The molecule has 2 amide bonds. The number of anilines is 1. The van der Waals surface area contributed by atoms with E-state index in [-0.39, 0.29) is 10.9 Å². The van der Waals surface area contributed by atoms with Crippen LogP contribution in [0.2, 0.25) is 0 Å². The highest BCUT2D eigenvalue weighted by Gasteiger charge is 2.21. The Balaban J connectivity index is 1.60. The van der Waals surface area contributed by atoms with Crippen molar-refractivity contribution in [1.82, 2.24) is 20.1 Å². The van der Waals surface area contributed by atoms with E-state index in [1.807, 2.05) is 0 Å². The zero-order valence-electron chi connectivity index (χ0n) is 12.5. The van der Waals surface area contributed by atoms with E-state index < -0.39 is 22.6 Å². The number of nitrogens with zero attached hydrogens (tertiary/aromatic N) is 3. The minimum absolute atomic E-state index is 0.0588. The van der Waals surface area contributed by atoms with Crippen molar-refractivity contribution in [2.45, 2.75) is 30.3 Å². The number of benzene rings is 1. The SMILES string of the molecule is C[S@@](=O)c1ccc(NC(=O)N[C@H]2CCc3ncnn3C2)cc1F. The van der Waals surface area contributed by atoms with Crippen LogP contribution < -0.4 is 10.6 Å². The van der Waals surface area contributed by atoms with Gasteiger partial charge in [-0.1, -0.05) is 0 Å². The molecule has 0 aliphatic carbocycles. The normalized spacial score (nSPS) is 18.1. The quantitative estimate of drug-likeness (QED) is 0.883. The third kappa shape index (κ3) is 3.55. The van der Waals surface area contributed by atoms with Gasteiger partial charge in [-0.2, -0.15) is 5.10 Å². The molecule has 3 rings (SSSR count). The molecule has 1 aliphatic rings. The minimum Gasteiger partial charge on any atom is -0.333 e. The molecule has 0 radical (unpaired) electrons. The van der Waals surface area contributed by atoms with Crippen LogP contribution in [0.25, 0.3) is 0 Å². The van der Waals surface area contributed by atoms with Crippen molar-refractivity contribution in [3.05, 3.63) is 36.2 Å². The second kappa shape index (κ2) is 6.45. The summed E-state index contributed by atoms with van der Waals surface area (Å²) in [5, 5.41) is 9.50.